The Morgan fingerprint density at radius 3 is 2.83 bits per heavy atom. The highest BCUT2D eigenvalue weighted by molar-refractivity contribution is 6.42. The SMILES string of the molecule is CCN1CC(C(=O)NCC2CCc3cnc(-c4ccc(Cl)c(Cl)c4)n3C2)=C(O)C1=O. The number of carbonyl (C=O) groups excluding carboxylic acids is 2. The molecule has 2 N–H and O–H groups in total. The molecule has 2 aliphatic heterocycles. The van der Waals surface area contributed by atoms with Crippen LogP contribution in [0, 0.1) is 5.92 Å². The Labute approximate surface area is 184 Å². The van der Waals surface area contributed by atoms with Crippen molar-refractivity contribution in [3.8, 4) is 11.4 Å². The fourth-order valence-corrected chi connectivity index (χ4v) is 4.24. The number of carbonyl (C=O) groups is 2. The second-order valence-electron chi connectivity index (χ2n) is 7.57. The van der Waals surface area contributed by atoms with Crippen LogP contribution in [0.3, 0.4) is 0 Å². The van der Waals surface area contributed by atoms with E-state index in [1.165, 1.54) is 4.90 Å². The number of hydrogen-bond acceptors (Lipinski definition) is 4. The fourth-order valence-electron chi connectivity index (χ4n) is 3.94. The molecule has 7 nitrogen and oxygen atoms in total. The molecule has 2 amide bonds. The van der Waals surface area contributed by atoms with Crippen molar-refractivity contribution in [2.75, 3.05) is 19.6 Å². The van der Waals surface area contributed by atoms with Crippen LogP contribution in [0.4, 0.5) is 0 Å². The van der Waals surface area contributed by atoms with Crippen LogP contribution in [-0.4, -0.2) is 51.0 Å². The second-order valence-corrected chi connectivity index (χ2v) is 8.39. The molecule has 158 valence electrons. The summed E-state index contributed by atoms with van der Waals surface area (Å²) in [5.41, 5.74) is 2.16. The predicted octanol–water partition coefficient (Wildman–Crippen LogP) is 3.21. The lowest BCUT2D eigenvalue weighted by Crippen LogP contribution is -2.35. The van der Waals surface area contributed by atoms with Crippen LogP contribution in [0.1, 0.15) is 19.0 Å². The van der Waals surface area contributed by atoms with Gasteiger partial charge < -0.3 is 19.9 Å². The molecule has 0 aliphatic carbocycles. The van der Waals surface area contributed by atoms with E-state index in [0.717, 1.165) is 29.9 Å². The number of aliphatic hydroxyl groups is 1. The minimum Gasteiger partial charge on any atom is -0.503 e. The number of nitrogens with one attached hydrogen (secondary N) is 1. The first-order valence-electron chi connectivity index (χ1n) is 9.88. The normalized spacial score (nSPS) is 18.7. The van der Waals surface area contributed by atoms with Crippen molar-refractivity contribution < 1.29 is 14.7 Å². The molecule has 0 saturated carbocycles. The third-order valence-corrected chi connectivity index (χ3v) is 6.44. The Hall–Kier alpha value is -2.51. The minimum atomic E-state index is -0.491. The first-order chi connectivity index (χ1) is 14.4. The smallest absolute Gasteiger partial charge is 0.289 e. The Balaban J connectivity index is 1.44. The van der Waals surface area contributed by atoms with Gasteiger partial charge in [0, 0.05) is 37.1 Å². The van der Waals surface area contributed by atoms with Gasteiger partial charge in [-0.25, -0.2) is 4.98 Å². The lowest BCUT2D eigenvalue weighted by molar-refractivity contribution is -0.127. The molecule has 4 rings (SSSR count). The summed E-state index contributed by atoms with van der Waals surface area (Å²) in [6.07, 6.45) is 3.64. The molecule has 2 aliphatic rings. The van der Waals surface area contributed by atoms with Gasteiger partial charge in [-0.2, -0.15) is 0 Å². The quantitative estimate of drug-likeness (QED) is 0.734. The van der Waals surface area contributed by atoms with Crippen LogP contribution in [0.2, 0.25) is 10.0 Å². The molecule has 0 radical (unpaired) electrons. The zero-order valence-electron chi connectivity index (χ0n) is 16.5. The summed E-state index contributed by atoms with van der Waals surface area (Å²) >= 11 is 12.2. The van der Waals surface area contributed by atoms with E-state index in [9.17, 15) is 14.7 Å². The Bertz CT molecular complexity index is 1050. The van der Waals surface area contributed by atoms with Gasteiger partial charge in [-0.15, -0.1) is 0 Å². The van der Waals surface area contributed by atoms with Gasteiger partial charge >= 0.3 is 0 Å². The average Bonchev–Trinajstić information content (AvgIpc) is 3.29. The van der Waals surface area contributed by atoms with E-state index in [4.69, 9.17) is 23.2 Å². The number of hydrogen-bond donors (Lipinski definition) is 2. The van der Waals surface area contributed by atoms with Gasteiger partial charge in [-0.3, -0.25) is 9.59 Å². The van der Waals surface area contributed by atoms with E-state index in [2.05, 4.69) is 14.9 Å². The maximum atomic E-state index is 12.5. The third-order valence-electron chi connectivity index (χ3n) is 5.70. The summed E-state index contributed by atoms with van der Waals surface area (Å²) in [7, 11) is 0. The Kier molecular flexibility index (Phi) is 5.75. The molecule has 0 saturated heterocycles. The molecule has 0 fully saturated rings. The number of fused-ring (bicyclic) bond motifs is 1. The summed E-state index contributed by atoms with van der Waals surface area (Å²) in [6.45, 7) is 3.56. The number of aromatic nitrogens is 2. The molecule has 3 heterocycles. The topological polar surface area (TPSA) is 87.5 Å². The van der Waals surface area contributed by atoms with Gasteiger partial charge in [0.05, 0.1) is 22.2 Å². The molecule has 0 bridgehead atoms. The number of aliphatic hydroxyl groups excluding tert-OH is 1. The molecule has 1 unspecified atom stereocenters. The van der Waals surface area contributed by atoms with E-state index in [1.54, 1.807) is 12.1 Å². The fraction of sp³-hybridized carbons (Fsp3) is 0.381. The molecule has 1 atom stereocenters. The first kappa shape index (κ1) is 20.8. The largest absolute Gasteiger partial charge is 0.503 e. The molecule has 30 heavy (non-hydrogen) atoms. The number of nitrogens with zero attached hydrogens (tertiary/aromatic N) is 3. The number of halogens is 2. The van der Waals surface area contributed by atoms with Gasteiger partial charge in [0.1, 0.15) is 5.82 Å². The number of likely N-dealkylation sites (N-methyl/N-ethyl adjacent to an activating group) is 1. The number of imidazole rings is 1. The van der Waals surface area contributed by atoms with Crippen molar-refractivity contribution in [1.82, 2.24) is 19.8 Å². The zero-order chi connectivity index (χ0) is 21.4. The molecular weight excluding hydrogens is 427 g/mol. The van der Waals surface area contributed by atoms with E-state index in [1.807, 2.05) is 19.2 Å². The highest BCUT2D eigenvalue weighted by Crippen LogP contribution is 2.31. The number of benzene rings is 1. The van der Waals surface area contributed by atoms with Crippen molar-refractivity contribution in [2.24, 2.45) is 5.92 Å². The molecule has 1 aromatic heterocycles. The van der Waals surface area contributed by atoms with E-state index < -0.39 is 17.6 Å². The van der Waals surface area contributed by atoms with Crippen LogP contribution in [0.5, 0.6) is 0 Å². The summed E-state index contributed by atoms with van der Waals surface area (Å²) in [5, 5.41) is 13.8. The van der Waals surface area contributed by atoms with Gasteiger partial charge in [0.15, 0.2) is 5.76 Å². The summed E-state index contributed by atoms with van der Waals surface area (Å²) < 4.78 is 2.15. The van der Waals surface area contributed by atoms with Gasteiger partial charge in [-0.1, -0.05) is 23.2 Å². The minimum absolute atomic E-state index is 0.137. The standard InChI is InChI=1S/C21H22Cl2N4O3/c1-2-26-11-15(18(28)21(26)30)20(29)25-8-12-3-5-14-9-24-19(27(14)10-12)13-4-6-16(22)17(23)7-13/h4,6-7,9,12,28H,2-3,5,8,10-11H2,1H3,(H,25,29). The zero-order valence-corrected chi connectivity index (χ0v) is 18.0. The van der Waals surface area contributed by atoms with Crippen molar-refractivity contribution in [2.45, 2.75) is 26.3 Å². The van der Waals surface area contributed by atoms with Crippen LogP contribution in [-0.2, 0) is 22.6 Å². The van der Waals surface area contributed by atoms with E-state index >= 15 is 0 Å². The van der Waals surface area contributed by atoms with E-state index in [0.29, 0.717) is 29.7 Å². The van der Waals surface area contributed by atoms with Crippen molar-refractivity contribution in [1.29, 1.82) is 0 Å². The Morgan fingerprint density at radius 2 is 2.13 bits per heavy atom. The molecular formula is C21H22Cl2N4O3. The maximum Gasteiger partial charge on any atom is 0.289 e. The van der Waals surface area contributed by atoms with E-state index in [-0.39, 0.29) is 18.0 Å². The summed E-state index contributed by atoms with van der Waals surface area (Å²) in [6, 6.07) is 5.45. The van der Waals surface area contributed by atoms with Crippen molar-refractivity contribution in [3.05, 3.63) is 51.5 Å². The first-order valence-corrected chi connectivity index (χ1v) is 10.6. The number of amides is 2. The molecule has 0 spiro atoms. The monoisotopic (exact) mass is 448 g/mol. The average molecular weight is 449 g/mol. The van der Waals surface area contributed by atoms with Gasteiger partial charge in [-0.05, 0) is 43.9 Å². The molecule has 9 heteroatoms. The van der Waals surface area contributed by atoms with Crippen LogP contribution in [0.15, 0.2) is 35.7 Å². The number of rotatable bonds is 5. The third kappa shape index (κ3) is 3.79. The highest BCUT2D eigenvalue weighted by atomic mass is 35.5. The van der Waals surface area contributed by atoms with Crippen LogP contribution < -0.4 is 5.32 Å². The lowest BCUT2D eigenvalue weighted by Gasteiger charge is -2.26. The summed E-state index contributed by atoms with van der Waals surface area (Å²) in [5.74, 6) is -0.302. The molecule has 1 aromatic carbocycles. The van der Waals surface area contributed by atoms with Crippen LogP contribution in [0.25, 0.3) is 11.4 Å². The number of aryl methyl sites for hydroxylation is 1. The second kappa shape index (κ2) is 8.32. The van der Waals surface area contributed by atoms with Crippen molar-refractivity contribution >= 4 is 35.0 Å². The van der Waals surface area contributed by atoms with Crippen LogP contribution >= 0.6 is 23.2 Å². The Morgan fingerprint density at radius 1 is 1.33 bits per heavy atom. The van der Waals surface area contributed by atoms with Crippen molar-refractivity contribution in [3.63, 3.8) is 0 Å². The van der Waals surface area contributed by atoms with Gasteiger partial charge in [0.2, 0.25) is 0 Å². The van der Waals surface area contributed by atoms with Gasteiger partial charge in [0.25, 0.3) is 11.8 Å². The lowest BCUT2D eigenvalue weighted by atomic mass is 9.97. The predicted molar refractivity (Wildman–Crippen MR) is 114 cm³/mol. The highest BCUT2D eigenvalue weighted by Gasteiger charge is 2.33. The maximum absolute atomic E-state index is 12.5. The molecule has 2 aromatic rings. The summed E-state index contributed by atoms with van der Waals surface area (Å²) in [4.78, 5) is 30.4.